The Labute approximate surface area is 90.2 Å². The van der Waals surface area contributed by atoms with E-state index in [2.05, 4.69) is 15.9 Å². The van der Waals surface area contributed by atoms with Gasteiger partial charge < -0.3 is 4.74 Å². The summed E-state index contributed by atoms with van der Waals surface area (Å²) in [4.78, 5) is 0. The number of alkyl halides is 1. The summed E-state index contributed by atoms with van der Waals surface area (Å²) >= 11 is 3.26. The van der Waals surface area contributed by atoms with Gasteiger partial charge >= 0.3 is 0 Å². The maximum absolute atomic E-state index is 13.2. The highest BCUT2D eigenvalue weighted by Gasteiger charge is 2.16. The summed E-state index contributed by atoms with van der Waals surface area (Å²) in [6.07, 6.45) is 0. The third-order valence-corrected chi connectivity index (χ3v) is 2.97. The highest BCUT2D eigenvalue weighted by atomic mass is 79.9. The Morgan fingerprint density at radius 3 is 2.57 bits per heavy atom. The molecule has 0 radical (unpaired) electrons. The molecule has 0 saturated heterocycles. The third-order valence-electron chi connectivity index (χ3n) is 2.00. The van der Waals surface area contributed by atoms with Gasteiger partial charge in [-0.05, 0) is 12.0 Å². The molecule has 1 aromatic carbocycles. The number of methoxy groups -OCH3 is 1. The van der Waals surface area contributed by atoms with E-state index in [0.29, 0.717) is 10.9 Å². The predicted octanol–water partition coefficient (Wildman–Crippen LogP) is 3.47. The van der Waals surface area contributed by atoms with Crippen LogP contribution in [0.2, 0.25) is 0 Å². The molecule has 1 rings (SSSR count). The highest BCUT2D eigenvalue weighted by molar-refractivity contribution is 9.09. The van der Waals surface area contributed by atoms with Crippen molar-refractivity contribution in [3.8, 4) is 5.75 Å². The minimum Gasteiger partial charge on any atom is -0.493 e. The zero-order valence-corrected chi connectivity index (χ0v) is 9.57. The van der Waals surface area contributed by atoms with Gasteiger partial charge in [-0.3, -0.25) is 0 Å². The number of hydrogen-bond donors (Lipinski definition) is 0. The number of ether oxygens (including phenoxy) is 1. The van der Waals surface area contributed by atoms with E-state index in [-0.39, 0.29) is 11.7 Å². The molecule has 1 aromatic rings. The molecule has 0 heterocycles. The minimum atomic E-state index is -0.657. The van der Waals surface area contributed by atoms with Gasteiger partial charge in [0, 0.05) is 17.0 Å². The molecule has 0 amide bonds. The molecule has 0 spiro atoms. The van der Waals surface area contributed by atoms with Crippen molar-refractivity contribution in [2.75, 3.05) is 12.4 Å². The largest absolute Gasteiger partial charge is 0.493 e. The molecule has 1 unspecified atom stereocenters. The molecule has 0 saturated carbocycles. The van der Waals surface area contributed by atoms with Gasteiger partial charge in [0.1, 0.15) is 5.82 Å². The van der Waals surface area contributed by atoms with Crippen molar-refractivity contribution < 1.29 is 13.5 Å². The van der Waals surface area contributed by atoms with E-state index in [1.165, 1.54) is 13.2 Å². The lowest BCUT2D eigenvalue weighted by Gasteiger charge is -2.13. The topological polar surface area (TPSA) is 9.23 Å². The van der Waals surface area contributed by atoms with E-state index in [0.717, 1.165) is 6.07 Å². The molecule has 0 fully saturated rings. The first-order chi connectivity index (χ1) is 6.60. The Kier molecular flexibility index (Phi) is 3.86. The first-order valence-corrected chi connectivity index (χ1v) is 5.31. The Morgan fingerprint density at radius 2 is 2.07 bits per heavy atom. The summed E-state index contributed by atoms with van der Waals surface area (Å²) in [5, 5.41) is 0.631. The Morgan fingerprint density at radius 1 is 1.43 bits per heavy atom. The lowest BCUT2D eigenvalue weighted by atomic mass is 10.0. The Balaban J connectivity index is 3.24. The van der Waals surface area contributed by atoms with Crippen LogP contribution >= 0.6 is 15.9 Å². The zero-order chi connectivity index (χ0) is 10.7. The van der Waals surface area contributed by atoms with Crippen molar-refractivity contribution in [1.29, 1.82) is 0 Å². The molecule has 0 aliphatic heterocycles. The van der Waals surface area contributed by atoms with Crippen LogP contribution in [0, 0.1) is 11.6 Å². The SMILES string of the molecule is COc1c(F)cc(F)cc1C(C)CBr. The molecule has 0 aliphatic carbocycles. The minimum absolute atomic E-state index is 0.00940. The van der Waals surface area contributed by atoms with Crippen LogP contribution in [-0.2, 0) is 0 Å². The molecule has 1 atom stereocenters. The first-order valence-electron chi connectivity index (χ1n) is 4.19. The van der Waals surface area contributed by atoms with Crippen LogP contribution in [0.1, 0.15) is 18.4 Å². The summed E-state index contributed by atoms with van der Waals surface area (Å²) in [7, 11) is 1.38. The van der Waals surface area contributed by atoms with Gasteiger partial charge in [-0.2, -0.15) is 0 Å². The van der Waals surface area contributed by atoms with Crippen LogP contribution in [0.3, 0.4) is 0 Å². The van der Waals surface area contributed by atoms with Gasteiger partial charge in [0.2, 0.25) is 0 Å². The fourth-order valence-electron chi connectivity index (χ4n) is 1.24. The zero-order valence-electron chi connectivity index (χ0n) is 7.98. The molecule has 0 N–H and O–H groups in total. The van der Waals surface area contributed by atoms with Crippen molar-refractivity contribution in [2.45, 2.75) is 12.8 Å². The number of benzene rings is 1. The van der Waals surface area contributed by atoms with Crippen molar-refractivity contribution in [2.24, 2.45) is 0 Å². The molecule has 14 heavy (non-hydrogen) atoms. The van der Waals surface area contributed by atoms with Gasteiger partial charge in [0.15, 0.2) is 11.6 Å². The molecule has 0 bridgehead atoms. The van der Waals surface area contributed by atoms with Crippen LogP contribution in [0.5, 0.6) is 5.75 Å². The van der Waals surface area contributed by atoms with Gasteiger partial charge in [-0.15, -0.1) is 0 Å². The predicted molar refractivity (Wildman–Crippen MR) is 55.1 cm³/mol. The van der Waals surface area contributed by atoms with Gasteiger partial charge in [0.05, 0.1) is 7.11 Å². The van der Waals surface area contributed by atoms with E-state index in [4.69, 9.17) is 4.74 Å². The van der Waals surface area contributed by atoms with Crippen molar-refractivity contribution in [3.05, 3.63) is 29.3 Å². The second-order valence-electron chi connectivity index (χ2n) is 3.07. The average Bonchev–Trinajstić information content (AvgIpc) is 2.15. The van der Waals surface area contributed by atoms with Crippen LogP contribution < -0.4 is 4.74 Å². The monoisotopic (exact) mass is 264 g/mol. The van der Waals surface area contributed by atoms with Crippen LogP contribution in [0.4, 0.5) is 8.78 Å². The first kappa shape index (κ1) is 11.4. The second-order valence-corrected chi connectivity index (χ2v) is 3.71. The van der Waals surface area contributed by atoms with E-state index < -0.39 is 11.6 Å². The quantitative estimate of drug-likeness (QED) is 0.760. The van der Waals surface area contributed by atoms with Crippen LogP contribution in [0.25, 0.3) is 0 Å². The number of halogens is 3. The molecule has 78 valence electrons. The summed E-state index contributed by atoms with van der Waals surface area (Å²) < 4.78 is 31.0. The molecular weight excluding hydrogens is 254 g/mol. The molecular formula is C10H11BrF2O. The average molecular weight is 265 g/mol. The standard InChI is InChI=1S/C10H11BrF2O/c1-6(5-11)8-3-7(12)4-9(13)10(8)14-2/h3-4,6H,5H2,1-2H3. The van der Waals surface area contributed by atoms with Gasteiger partial charge in [-0.1, -0.05) is 22.9 Å². The molecule has 1 nitrogen and oxygen atoms in total. The third kappa shape index (κ3) is 2.23. The summed E-state index contributed by atoms with van der Waals surface area (Å²) in [6.45, 7) is 1.87. The maximum Gasteiger partial charge on any atom is 0.168 e. The lowest BCUT2D eigenvalue weighted by Crippen LogP contribution is -2.02. The summed E-state index contributed by atoms with van der Waals surface area (Å²) in [5.41, 5.74) is 0.543. The van der Waals surface area contributed by atoms with Crippen molar-refractivity contribution in [3.63, 3.8) is 0 Å². The fraction of sp³-hybridized carbons (Fsp3) is 0.400. The maximum atomic E-state index is 13.2. The van der Waals surface area contributed by atoms with Crippen LogP contribution in [-0.4, -0.2) is 12.4 Å². The van der Waals surface area contributed by atoms with Crippen LogP contribution in [0.15, 0.2) is 12.1 Å². The second kappa shape index (κ2) is 4.73. The van der Waals surface area contributed by atoms with E-state index >= 15 is 0 Å². The molecule has 0 aromatic heterocycles. The summed E-state index contributed by atoms with van der Waals surface area (Å²) in [5.74, 6) is -1.10. The normalized spacial score (nSPS) is 12.6. The van der Waals surface area contributed by atoms with Crippen molar-refractivity contribution >= 4 is 15.9 Å². The van der Waals surface area contributed by atoms with E-state index in [1.807, 2.05) is 6.92 Å². The Bertz CT molecular complexity index is 328. The van der Waals surface area contributed by atoms with E-state index in [9.17, 15) is 8.78 Å². The summed E-state index contributed by atoms with van der Waals surface area (Å²) in [6, 6.07) is 2.12. The Hall–Kier alpha value is -0.640. The fourth-order valence-corrected chi connectivity index (χ4v) is 1.59. The molecule has 4 heteroatoms. The van der Waals surface area contributed by atoms with E-state index in [1.54, 1.807) is 0 Å². The van der Waals surface area contributed by atoms with Gasteiger partial charge in [0.25, 0.3) is 0 Å². The number of hydrogen-bond acceptors (Lipinski definition) is 1. The number of rotatable bonds is 3. The smallest absolute Gasteiger partial charge is 0.168 e. The van der Waals surface area contributed by atoms with Crippen molar-refractivity contribution in [1.82, 2.24) is 0 Å². The lowest BCUT2D eigenvalue weighted by molar-refractivity contribution is 0.377. The van der Waals surface area contributed by atoms with Gasteiger partial charge in [-0.25, -0.2) is 8.78 Å². The highest BCUT2D eigenvalue weighted by Crippen LogP contribution is 2.31. The molecule has 0 aliphatic rings.